The monoisotopic (exact) mass is 303 g/mol. The molecule has 1 saturated heterocycles. The van der Waals surface area contributed by atoms with Crippen LogP contribution in [0.4, 0.5) is 0 Å². The van der Waals surface area contributed by atoms with Crippen molar-refractivity contribution >= 4 is 17.3 Å². The molecule has 2 heterocycles. The number of esters is 1. The minimum atomic E-state index is -0.310. The fourth-order valence-corrected chi connectivity index (χ4v) is 3.10. The van der Waals surface area contributed by atoms with E-state index in [4.69, 9.17) is 9.47 Å². The first-order valence-electron chi connectivity index (χ1n) is 6.97. The number of carbonyl (C=O) groups is 1. The van der Waals surface area contributed by atoms with Crippen molar-refractivity contribution in [2.24, 2.45) is 0 Å². The van der Waals surface area contributed by atoms with Crippen LogP contribution in [0.25, 0.3) is 0 Å². The topological polar surface area (TPSA) is 38.8 Å². The minimum absolute atomic E-state index is 0.310. The quantitative estimate of drug-likeness (QED) is 0.814. The molecular weight excluding hydrogens is 286 g/mol. The number of benzene rings is 1. The van der Waals surface area contributed by atoms with E-state index in [1.165, 1.54) is 16.2 Å². The molecule has 4 nitrogen and oxygen atoms in total. The van der Waals surface area contributed by atoms with Crippen molar-refractivity contribution in [1.29, 1.82) is 0 Å². The standard InChI is InChI=1S/C16H17NO3S/c18-16(13-4-2-1-3-5-13)20-15-7-6-14(21-15)12-17-8-10-19-11-9-17/h1-7H,8-12H2. The molecular formula is C16H17NO3S. The van der Waals surface area contributed by atoms with Gasteiger partial charge in [0, 0.05) is 24.5 Å². The molecule has 1 aromatic heterocycles. The SMILES string of the molecule is O=C(Oc1ccc(CN2CCOCC2)s1)c1ccccc1. The first kappa shape index (κ1) is 14.3. The Labute approximate surface area is 127 Å². The van der Waals surface area contributed by atoms with Gasteiger partial charge in [0.1, 0.15) is 0 Å². The second kappa shape index (κ2) is 6.85. The lowest BCUT2D eigenvalue weighted by Gasteiger charge is -2.25. The maximum atomic E-state index is 12.0. The zero-order valence-electron chi connectivity index (χ0n) is 11.7. The van der Waals surface area contributed by atoms with E-state index in [2.05, 4.69) is 4.90 Å². The van der Waals surface area contributed by atoms with Crippen LogP contribution < -0.4 is 4.74 Å². The molecule has 1 aliphatic heterocycles. The van der Waals surface area contributed by atoms with Crippen LogP contribution in [0.5, 0.6) is 5.06 Å². The maximum absolute atomic E-state index is 12.0. The van der Waals surface area contributed by atoms with Crippen molar-refractivity contribution < 1.29 is 14.3 Å². The van der Waals surface area contributed by atoms with E-state index < -0.39 is 0 Å². The summed E-state index contributed by atoms with van der Waals surface area (Å²) in [6.07, 6.45) is 0. The van der Waals surface area contributed by atoms with E-state index in [1.54, 1.807) is 12.1 Å². The number of hydrogen-bond acceptors (Lipinski definition) is 5. The molecule has 1 fully saturated rings. The number of hydrogen-bond donors (Lipinski definition) is 0. The summed E-state index contributed by atoms with van der Waals surface area (Å²) >= 11 is 1.52. The Morgan fingerprint density at radius 3 is 2.67 bits per heavy atom. The molecule has 0 aliphatic carbocycles. The number of morpholine rings is 1. The molecule has 0 amide bonds. The van der Waals surface area contributed by atoms with Crippen molar-refractivity contribution in [3.63, 3.8) is 0 Å². The van der Waals surface area contributed by atoms with Gasteiger partial charge >= 0.3 is 5.97 Å². The molecule has 3 rings (SSSR count). The first-order valence-corrected chi connectivity index (χ1v) is 7.79. The van der Waals surface area contributed by atoms with Crippen LogP contribution in [0.3, 0.4) is 0 Å². The summed E-state index contributed by atoms with van der Waals surface area (Å²) in [6.45, 7) is 4.38. The third-order valence-corrected chi connectivity index (χ3v) is 4.27. The van der Waals surface area contributed by atoms with Gasteiger partial charge in [-0.1, -0.05) is 18.2 Å². The summed E-state index contributed by atoms with van der Waals surface area (Å²) in [7, 11) is 0. The lowest BCUT2D eigenvalue weighted by atomic mass is 10.2. The Morgan fingerprint density at radius 2 is 1.90 bits per heavy atom. The molecule has 2 aromatic rings. The van der Waals surface area contributed by atoms with Gasteiger partial charge in [-0.25, -0.2) is 4.79 Å². The second-order valence-corrected chi connectivity index (χ2v) is 6.00. The Hall–Kier alpha value is -1.69. The highest BCUT2D eigenvalue weighted by atomic mass is 32.1. The lowest BCUT2D eigenvalue weighted by molar-refractivity contribution is 0.0346. The predicted octanol–water partition coefficient (Wildman–Crippen LogP) is 2.80. The lowest BCUT2D eigenvalue weighted by Crippen LogP contribution is -2.35. The average molecular weight is 303 g/mol. The second-order valence-electron chi connectivity index (χ2n) is 4.86. The number of ether oxygens (including phenoxy) is 2. The van der Waals surface area contributed by atoms with Gasteiger partial charge in [-0.15, -0.1) is 11.3 Å². The van der Waals surface area contributed by atoms with E-state index in [-0.39, 0.29) is 5.97 Å². The van der Waals surface area contributed by atoms with Crippen LogP contribution in [0.15, 0.2) is 42.5 Å². The van der Waals surface area contributed by atoms with Crippen molar-refractivity contribution in [2.45, 2.75) is 6.54 Å². The predicted molar refractivity (Wildman–Crippen MR) is 81.8 cm³/mol. The Bertz CT molecular complexity index is 591. The summed E-state index contributed by atoms with van der Waals surface area (Å²) in [5, 5.41) is 0.645. The molecule has 21 heavy (non-hydrogen) atoms. The van der Waals surface area contributed by atoms with Gasteiger partial charge in [0.2, 0.25) is 0 Å². The van der Waals surface area contributed by atoms with Crippen molar-refractivity contribution in [2.75, 3.05) is 26.3 Å². The first-order chi connectivity index (χ1) is 10.3. The third-order valence-electron chi connectivity index (χ3n) is 3.32. The number of nitrogens with zero attached hydrogens (tertiary/aromatic N) is 1. The van der Waals surface area contributed by atoms with Crippen LogP contribution in [0, 0.1) is 0 Å². The highest BCUT2D eigenvalue weighted by Crippen LogP contribution is 2.26. The van der Waals surface area contributed by atoms with E-state index in [0.29, 0.717) is 10.6 Å². The Kier molecular flexibility index (Phi) is 4.65. The minimum Gasteiger partial charge on any atom is -0.412 e. The summed E-state index contributed by atoms with van der Waals surface area (Å²) in [5.41, 5.74) is 0.570. The third kappa shape index (κ3) is 3.91. The van der Waals surface area contributed by atoms with Crippen LogP contribution in [-0.2, 0) is 11.3 Å². The van der Waals surface area contributed by atoms with E-state index >= 15 is 0 Å². The van der Waals surface area contributed by atoms with Crippen molar-refractivity contribution in [3.8, 4) is 5.06 Å². The number of rotatable bonds is 4. The highest BCUT2D eigenvalue weighted by molar-refractivity contribution is 7.13. The zero-order chi connectivity index (χ0) is 14.5. The molecule has 0 unspecified atom stereocenters. The molecule has 1 aliphatic rings. The van der Waals surface area contributed by atoms with Gasteiger partial charge in [-0.05, 0) is 24.3 Å². The van der Waals surface area contributed by atoms with Gasteiger partial charge in [-0.2, -0.15) is 0 Å². The molecule has 0 N–H and O–H groups in total. The van der Waals surface area contributed by atoms with Gasteiger partial charge in [0.25, 0.3) is 0 Å². The zero-order valence-corrected chi connectivity index (χ0v) is 12.5. The summed E-state index contributed by atoms with van der Waals surface area (Å²) in [4.78, 5) is 15.5. The summed E-state index contributed by atoms with van der Waals surface area (Å²) in [5.74, 6) is -0.310. The largest absolute Gasteiger partial charge is 0.412 e. The fourth-order valence-electron chi connectivity index (χ4n) is 2.20. The summed E-state index contributed by atoms with van der Waals surface area (Å²) in [6, 6.07) is 12.9. The van der Waals surface area contributed by atoms with Gasteiger partial charge in [-0.3, -0.25) is 4.90 Å². The molecule has 1 aromatic carbocycles. The molecule has 0 radical (unpaired) electrons. The number of carbonyl (C=O) groups excluding carboxylic acids is 1. The van der Waals surface area contributed by atoms with Crippen LogP contribution in [0.2, 0.25) is 0 Å². The average Bonchev–Trinajstić information content (AvgIpc) is 2.96. The Balaban J connectivity index is 1.58. The molecule has 0 saturated carbocycles. The van der Waals surface area contributed by atoms with Crippen molar-refractivity contribution in [1.82, 2.24) is 4.90 Å². The fraction of sp³-hybridized carbons (Fsp3) is 0.312. The molecule has 5 heteroatoms. The number of thiophene rings is 1. The normalized spacial score (nSPS) is 15.8. The van der Waals surface area contributed by atoms with Crippen LogP contribution in [-0.4, -0.2) is 37.2 Å². The maximum Gasteiger partial charge on any atom is 0.344 e. The van der Waals surface area contributed by atoms with Crippen LogP contribution in [0.1, 0.15) is 15.2 Å². The molecule has 0 bridgehead atoms. The van der Waals surface area contributed by atoms with Gasteiger partial charge < -0.3 is 9.47 Å². The smallest absolute Gasteiger partial charge is 0.344 e. The van der Waals surface area contributed by atoms with Crippen molar-refractivity contribution in [3.05, 3.63) is 52.9 Å². The Morgan fingerprint density at radius 1 is 1.14 bits per heavy atom. The molecule has 0 atom stereocenters. The van der Waals surface area contributed by atoms with E-state index in [1.807, 2.05) is 30.3 Å². The van der Waals surface area contributed by atoms with Crippen LogP contribution >= 0.6 is 11.3 Å². The van der Waals surface area contributed by atoms with Gasteiger partial charge in [0.15, 0.2) is 5.06 Å². The molecule has 0 spiro atoms. The van der Waals surface area contributed by atoms with Gasteiger partial charge in [0.05, 0.1) is 18.8 Å². The van der Waals surface area contributed by atoms with E-state index in [9.17, 15) is 4.79 Å². The van der Waals surface area contributed by atoms with E-state index in [0.717, 1.165) is 32.8 Å². The highest BCUT2D eigenvalue weighted by Gasteiger charge is 2.14. The summed E-state index contributed by atoms with van der Waals surface area (Å²) < 4.78 is 10.7. The molecule has 110 valence electrons.